The van der Waals surface area contributed by atoms with Crippen molar-refractivity contribution in [2.45, 2.75) is 46.5 Å². The van der Waals surface area contributed by atoms with E-state index in [1.165, 1.54) is 0 Å². The molecule has 0 fully saturated rings. The van der Waals surface area contributed by atoms with Crippen molar-refractivity contribution in [2.24, 2.45) is 11.8 Å². The van der Waals surface area contributed by atoms with Crippen LogP contribution in [0.5, 0.6) is 0 Å². The number of rotatable bonds is 18. The van der Waals surface area contributed by atoms with Crippen molar-refractivity contribution in [1.82, 2.24) is 10.6 Å². The Morgan fingerprint density at radius 1 is 1.03 bits per heavy atom. The van der Waals surface area contributed by atoms with Gasteiger partial charge in [-0.05, 0) is 12.5 Å². The Hall–Kier alpha value is -0.430. The smallest absolute Gasteiger partial charge is 0.223 e. The summed E-state index contributed by atoms with van der Waals surface area (Å²) in [7, 11) is 3.64. The summed E-state index contributed by atoms with van der Waals surface area (Å²) < 4.78 is 16.9. The molecular formula is C21H40N2O4S2. The Morgan fingerprint density at radius 3 is 2.38 bits per heavy atom. The lowest BCUT2D eigenvalue weighted by atomic mass is 10.2. The standard InChI is InChI=1S/C21H40N2O4S2/c1-6-22-11-17-28-29-21(19(4)5)27-16-15-26-14-13-25-12-9-20(24)23-10-7-8-18(2)3/h18-19,21-22H,6,9-17H2,1-5H3,(H,23,24). The third-order valence-corrected chi connectivity index (χ3v) is 6.29. The van der Waals surface area contributed by atoms with Gasteiger partial charge in [-0.3, -0.25) is 4.79 Å². The average Bonchev–Trinajstić information content (AvgIpc) is 2.67. The fraction of sp³-hybridized carbons (Fsp3) is 0.857. The van der Waals surface area contributed by atoms with Gasteiger partial charge in [-0.1, -0.05) is 68.0 Å². The first-order valence-electron chi connectivity index (χ1n) is 10.5. The lowest BCUT2D eigenvalue weighted by Crippen LogP contribution is -2.25. The second-order valence-corrected chi connectivity index (χ2v) is 9.57. The maximum atomic E-state index is 11.6. The molecule has 0 aliphatic heterocycles. The maximum absolute atomic E-state index is 11.6. The van der Waals surface area contributed by atoms with E-state index in [0.29, 0.717) is 57.8 Å². The van der Waals surface area contributed by atoms with Gasteiger partial charge in [0.25, 0.3) is 0 Å². The largest absolute Gasteiger partial charge is 0.379 e. The van der Waals surface area contributed by atoms with Gasteiger partial charge < -0.3 is 24.8 Å². The first-order chi connectivity index (χ1) is 14.0. The van der Waals surface area contributed by atoms with Crippen LogP contribution in [0.25, 0.3) is 0 Å². The van der Waals surface area contributed by atoms with Gasteiger partial charge in [0.15, 0.2) is 0 Å². The van der Waals surface area contributed by atoms with Crippen LogP contribution in [0.1, 0.15) is 41.0 Å². The van der Waals surface area contributed by atoms with E-state index in [0.717, 1.165) is 18.8 Å². The van der Waals surface area contributed by atoms with Gasteiger partial charge in [0.2, 0.25) is 5.91 Å². The zero-order chi connectivity index (χ0) is 21.7. The molecule has 1 unspecified atom stereocenters. The SMILES string of the molecule is CCNCCSSC(OCCOCCOCCC(=O)NCC#CC(C)C)C(C)C. The lowest BCUT2D eigenvalue weighted by molar-refractivity contribution is -0.122. The van der Waals surface area contributed by atoms with E-state index in [-0.39, 0.29) is 11.3 Å². The normalized spacial score (nSPS) is 12.1. The molecule has 0 aromatic carbocycles. The molecule has 0 aliphatic rings. The van der Waals surface area contributed by atoms with Crippen LogP contribution in [0.15, 0.2) is 0 Å². The minimum Gasteiger partial charge on any atom is -0.379 e. The van der Waals surface area contributed by atoms with Crippen molar-refractivity contribution in [3.63, 3.8) is 0 Å². The molecule has 1 atom stereocenters. The Bertz CT molecular complexity index is 454. The molecular weight excluding hydrogens is 408 g/mol. The Balaban J connectivity index is 3.54. The van der Waals surface area contributed by atoms with Gasteiger partial charge >= 0.3 is 0 Å². The average molecular weight is 449 g/mol. The Labute approximate surface area is 185 Å². The number of amides is 1. The summed E-state index contributed by atoms with van der Waals surface area (Å²) in [6.07, 6.45) is 0.338. The maximum Gasteiger partial charge on any atom is 0.223 e. The summed E-state index contributed by atoms with van der Waals surface area (Å²) in [4.78, 5) is 11.6. The fourth-order valence-electron chi connectivity index (χ4n) is 1.93. The van der Waals surface area contributed by atoms with E-state index in [4.69, 9.17) is 14.2 Å². The first kappa shape index (κ1) is 28.6. The van der Waals surface area contributed by atoms with E-state index >= 15 is 0 Å². The van der Waals surface area contributed by atoms with Gasteiger partial charge in [0.05, 0.1) is 39.6 Å². The third-order valence-electron chi connectivity index (χ3n) is 3.44. The molecule has 0 aromatic rings. The van der Waals surface area contributed by atoms with Crippen LogP contribution in [0.4, 0.5) is 0 Å². The first-order valence-corrected chi connectivity index (χ1v) is 12.9. The van der Waals surface area contributed by atoms with Crippen LogP contribution in [0, 0.1) is 23.7 Å². The highest BCUT2D eigenvalue weighted by atomic mass is 33.1. The van der Waals surface area contributed by atoms with Crippen molar-refractivity contribution in [1.29, 1.82) is 0 Å². The summed E-state index contributed by atoms with van der Waals surface area (Å²) in [6.45, 7) is 15.4. The molecule has 0 heterocycles. The zero-order valence-corrected chi connectivity index (χ0v) is 20.4. The van der Waals surface area contributed by atoms with E-state index in [1.807, 2.05) is 24.6 Å². The van der Waals surface area contributed by atoms with E-state index < -0.39 is 0 Å². The van der Waals surface area contributed by atoms with Gasteiger partial charge in [-0.15, -0.1) is 0 Å². The van der Waals surface area contributed by atoms with Crippen molar-refractivity contribution in [2.75, 3.05) is 58.4 Å². The number of ether oxygens (including phenoxy) is 3. The molecule has 2 N–H and O–H groups in total. The highest BCUT2D eigenvalue weighted by Gasteiger charge is 2.14. The van der Waals surface area contributed by atoms with Crippen LogP contribution in [0.2, 0.25) is 0 Å². The van der Waals surface area contributed by atoms with Crippen LogP contribution in [-0.4, -0.2) is 69.8 Å². The molecule has 0 rings (SSSR count). The van der Waals surface area contributed by atoms with Gasteiger partial charge in [0.1, 0.15) is 5.44 Å². The molecule has 0 spiro atoms. The molecule has 1 amide bonds. The number of hydrogen-bond donors (Lipinski definition) is 2. The summed E-state index contributed by atoms with van der Waals surface area (Å²) in [5.74, 6) is 7.73. The summed E-state index contributed by atoms with van der Waals surface area (Å²) in [5, 5.41) is 6.07. The van der Waals surface area contributed by atoms with E-state index in [1.54, 1.807) is 10.8 Å². The van der Waals surface area contributed by atoms with Crippen molar-refractivity contribution >= 4 is 27.5 Å². The van der Waals surface area contributed by atoms with Crippen molar-refractivity contribution in [3.8, 4) is 11.8 Å². The number of nitrogens with one attached hydrogen (secondary N) is 2. The molecule has 8 heteroatoms. The molecule has 0 bridgehead atoms. The van der Waals surface area contributed by atoms with Crippen molar-refractivity contribution in [3.05, 3.63) is 0 Å². The molecule has 29 heavy (non-hydrogen) atoms. The molecule has 0 radical (unpaired) electrons. The molecule has 0 aromatic heterocycles. The molecule has 6 nitrogen and oxygen atoms in total. The summed E-state index contributed by atoms with van der Waals surface area (Å²) >= 11 is 0. The Kier molecular flexibility index (Phi) is 20.5. The quantitative estimate of drug-likeness (QED) is 0.144. The second-order valence-electron chi connectivity index (χ2n) is 6.98. The summed E-state index contributed by atoms with van der Waals surface area (Å²) in [5.41, 5.74) is 0.171. The number of carbonyl (C=O) groups is 1. The number of carbonyl (C=O) groups excluding carboxylic acids is 1. The summed E-state index contributed by atoms with van der Waals surface area (Å²) in [6, 6.07) is 0. The van der Waals surface area contributed by atoms with Gasteiger partial charge in [-0.25, -0.2) is 0 Å². The topological polar surface area (TPSA) is 68.8 Å². The van der Waals surface area contributed by atoms with Gasteiger partial charge in [-0.2, -0.15) is 0 Å². The minimum absolute atomic E-state index is 0.0436. The fourth-order valence-corrected chi connectivity index (χ4v) is 4.54. The minimum atomic E-state index is -0.0436. The van der Waals surface area contributed by atoms with Crippen LogP contribution < -0.4 is 10.6 Å². The highest BCUT2D eigenvalue weighted by Crippen LogP contribution is 2.31. The number of hydrogen-bond acceptors (Lipinski definition) is 7. The lowest BCUT2D eigenvalue weighted by Gasteiger charge is -2.20. The Morgan fingerprint density at radius 2 is 1.72 bits per heavy atom. The van der Waals surface area contributed by atoms with Crippen molar-refractivity contribution < 1.29 is 19.0 Å². The van der Waals surface area contributed by atoms with E-state index in [2.05, 4.69) is 43.2 Å². The third kappa shape index (κ3) is 20.6. The molecule has 0 aliphatic carbocycles. The molecule has 0 saturated heterocycles. The monoisotopic (exact) mass is 448 g/mol. The van der Waals surface area contributed by atoms with E-state index in [9.17, 15) is 4.79 Å². The molecule has 0 saturated carbocycles. The predicted octanol–water partition coefficient (Wildman–Crippen LogP) is 3.17. The van der Waals surface area contributed by atoms with Crippen LogP contribution in [-0.2, 0) is 19.0 Å². The van der Waals surface area contributed by atoms with Crippen LogP contribution >= 0.6 is 21.6 Å². The zero-order valence-electron chi connectivity index (χ0n) is 18.8. The molecule has 170 valence electrons. The van der Waals surface area contributed by atoms with Crippen LogP contribution in [0.3, 0.4) is 0 Å². The van der Waals surface area contributed by atoms with Gasteiger partial charge in [0, 0.05) is 24.6 Å². The highest BCUT2D eigenvalue weighted by molar-refractivity contribution is 8.76. The second kappa shape index (κ2) is 20.8. The predicted molar refractivity (Wildman–Crippen MR) is 125 cm³/mol.